The number of nitrogens with one attached hydrogen (secondary N) is 2. The predicted octanol–water partition coefficient (Wildman–Crippen LogP) is 0.698. The molecule has 5 nitrogen and oxygen atoms in total. The Kier molecular flexibility index (Phi) is 5.16. The van der Waals surface area contributed by atoms with E-state index in [4.69, 9.17) is 0 Å². The molecule has 0 aromatic carbocycles. The van der Waals surface area contributed by atoms with E-state index >= 15 is 0 Å². The van der Waals surface area contributed by atoms with E-state index in [1.165, 1.54) is 39.1 Å². The molecule has 1 aromatic rings. The molecule has 1 saturated heterocycles. The third-order valence-corrected chi connectivity index (χ3v) is 3.69. The standard InChI is InChI=1S/C13H25N5/c1-12(13-4-6-15-16-13)14-5-3-7-18-10-8-17(2)9-11-18/h4,6,12,14H,3,5,7-11H2,1-2H3,(H,15,16). The first kappa shape index (κ1) is 13.5. The van der Waals surface area contributed by atoms with Crippen LogP contribution >= 0.6 is 0 Å². The van der Waals surface area contributed by atoms with Gasteiger partial charge < -0.3 is 15.1 Å². The normalized spacial score (nSPS) is 20.1. The molecule has 1 fully saturated rings. The maximum absolute atomic E-state index is 3.97. The van der Waals surface area contributed by atoms with E-state index in [0.717, 1.165) is 12.2 Å². The van der Waals surface area contributed by atoms with E-state index in [1.54, 1.807) is 6.20 Å². The molecule has 1 unspecified atom stereocenters. The molecule has 1 aliphatic heterocycles. The van der Waals surface area contributed by atoms with Gasteiger partial charge in [-0.3, -0.25) is 5.10 Å². The topological polar surface area (TPSA) is 47.2 Å². The molecule has 18 heavy (non-hydrogen) atoms. The van der Waals surface area contributed by atoms with Crippen molar-refractivity contribution < 1.29 is 0 Å². The van der Waals surface area contributed by atoms with E-state index in [0.29, 0.717) is 6.04 Å². The van der Waals surface area contributed by atoms with Crippen LogP contribution in [0.3, 0.4) is 0 Å². The van der Waals surface area contributed by atoms with E-state index in [2.05, 4.69) is 39.3 Å². The Morgan fingerprint density at radius 1 is 1.39 bits per heavy atom. The predicted molar refractivity (Wildman–Crippen MR) is 73.6 cm³/mol. The van der Waals surface area contributed by atoms with Crippen molar-refractivity contribution >= 4 is 0 Å². The van der Waals surface area contributed by atoms with Crippen LogP contribution in [0.2, 0.25) is 0 Å². The number of aromatic amines is 1. The number of H-pyrrole nitrogens is 1. The summed E-state index contributed by atoms with van der Waals surface area (Å²) in [5.41, 5.74) is 1.16. The summed E-state index contributed by atoms with van der Waals surface area (Å²) in [7, 11) is 2.20. The molecule has 1 atom stereocenters. The van der Waals surface area contributed by atoms with Crippen LogP contribution in [0.25, 0.3) is 0 Å². The zero-order valence-corrected chi connectivity index (χ0v) is 11.5. The Bertz CT molecular complexity index is 316. The van der Waals surface area contributed by atoms with Gasteiger partial charge in [-0.15, -0.1) is 0 Å². The summed E-state index contributed by atoms with van der Waals surface area (Å²) in [5.74, 6) is 0. The van der Waals surface area contributed by atoms with Gasteiger partial charge in [0.25, 0.3) is 0 Å². The molecule has 0 saturated carbocycles. The molecule has 0 radical (unpaired) electrons. The Hall–Kier alpha value is -0.910. The van der Waals surface area contributed by atoms with Gasteiger partial charge in [-0.1, -0.05) is 0 Å². The number of likely N-dealkylation sites (N-methyl/N-ethyl adjacent to an activating group) is 1. The average molecular weight is 251 g/mol. The fraction of sp³-hybridized carbons (Fsp3) is 0.769. The highest BCUT2D eigenvalue weighted by atomic mass is 15.2. The van der Waals surface area contributed by atoms with Crippen molar-refractivity contribution in [1.82, 2.24) is 25.3 Å². The summed E-state index contributed by atoms with van der Waals surface area (Å²) >= 11 is 0. The highest BCUT2D eigenvalue weighted by Crippen LogP contribution is 2.07. The van der Waals surface area contributed by atoms with Crippen molar-refractivity contribution in [3.63, 3.8) is 0 Å². The second-order valence-electron chi connectivity index (χ2n) is 5.19. The molecular formula is C13H25N5. The van der Waals surface area contributed by atoms with Crippen LogP contribution in [-0.2, 0) is 0 Å². The highest BCUT2D eigenvalue weighted by molar-refractivity contribution is 5.02. The largest absolute Gasteiger partial charge is 0.309 e. The smallest absolute Gasteiger partial charge is 0.0518 e. The lowest BCUT2D eigenvalue weighted by Crippen LogP contribution is -2.45. The Morgan fingerprint density at radius 2 is 2.17 bits per heavy atom. The van der Waals surface area contributed by atoms with E-state index < -0.39 is 0 Å². The van der Waals surface area contributed by atoms with Crippen LogP contribution in [0.5, 0.6) is 0 Å². The maximum atomic E-state index is 3.97. The lowest BCUT2D eigenvalue weighted by atomic mass is 10.2. The second kappa shape index (κ2) is 6.87. The molecular weight excluding hydrogens is 226 g/mol. The van der Waals surface area contributed by atoms with Gasteiger partial charge in [-0.25, -0.2) is 0 Å². The van der Waals surface area contributed by atoms with Crippen LogP contribution < -0.4 is 5.32 Å². The summed E-state index contributed by atoms with van der Waals surface area (Å²) in [6.45, 7) is 9.28. The van der Waals surface area contributed by atoms with Gasteiger partial charge in [0.2, 0.25) is 0 Å². The van der Waals surface area contributed by atoms with E-state index in [9.17, 15) is 0 Å². The summed E-state index contributed by atoms with van der Waals surface area (Å²) in [6.07, 6.45) is 3.01. The summed E-state index contributed by atoms with van der Waals surface area (Å²) in [4.78, 5) is 4.96. The van der Waals surface area contributed by atoms with Gasteiger partial charge in [-0.2, -0.15) is 5.10 Å². The lowest BCUT2D eigenvalue weighted by molar-refractivity contribution is 0.152. The number of hydrogen-bond donors (Lipinski definition) is 2. The zero-order chi connectivity index (χ0) is 12.8. The summed E-state index contributed by atoms with van der Waals surface area (Å²) < 4.78 is 0. The fourth-order valence-electron chi connectivity index (χ4n) is 2.31. The van der Waals surface area contributed by atoms with Crippen molar-refractivity contribution in [3.8, 4) is 0 Å². The Balaban J connectivity index is 1.56. The summed E-state index contributed by atoms with van der Waals surface area (Å²) in [5, 5.41) is 10.5. The fourth-order valence-corrected chi connectivity index (χ4v) is 2.31. The molecule has 0 bridgehead atoms. The molecule has 1 aliphatic rings. The van der Waals surface area contributed by atoms with Crippen molar-refractivity contribution in [1.29, 1.82) is 0 Å². The van der Waals surface area contributed by atoms with Crippen LogP contribution in [0, 0.1) is 0 Å². The van der Waals surface area contributed by atoms with Crippen molar-refractivity contribution in [2.75, 3.05) is 46.3 Å². The monoisotopic (exact) mass is 251 g/mol. The van der Waals surface area contributed by atoms with Gasteiger partial charge >= 0.3 is 0 Å². The van der Waals surface area contributed by atoms with Gasteiger partial charge in [0.05, 0.1) is 5.69 Å². The first-order valence-corrected chi connectivity index (χ1v) is 6.89. The molecule has 0 spiro atoms. The quantitative estimate of drug-likeness (QED) is 0.731. The number of rotatable bonds is 6. The molecule has 2 heterocycles. The molecule has 2 N–H and O–H groups in total. The van der Waals surface area contributed by atoms with E-state index in [1.807, 2.05) is 6.07 Å². The van der Waals surface area contributed by atoms with E-state index in [-0.39, 0.29) is 0 Å². The molecule has 0 aliphatic carbocycles. The van der Waals surface area contributed by atoms with Crippen LogP contribution in [0.4, 0.5) is 0 Å². The zero-order valence-electron chi connectivity index (χ0n) is 11.5. The first-order chi connectivity index (χ1) is 8.75. The lowest BCUT2D eigenvalue weighted by Gasteiger charge is -2.32. The van der Waals surface area contributed by atoms with Gasteiger partial charge in [0.15, 0.2) is 0 Å². The Morgan fingerprint density at radius 3 is 2.83 bits per heavy atom. The minimum atomic E-state index is 0.361. The number of aromatic nitrogens is 2. The highest BCUT2D eigenvalue weighted by Gasteiger charge is 2.13. The average Bonchev–Trinajstić information content (AvgIpc) is 2.90. The first-order valence-electron chi connectivity index (χ1n) is 6.89. The third-order valence-electron chi connectivity index (χ3n) is 3.69. The molecule has 2 rings (SSSR count). The molecule has 0 amide bonds. The van der Waals surface area contributed by atoms with Gasteiger partial charge in [-0.05, 0) is 39.5 Å². The molecule has 102 valence electrons. The Labute approximate surface area is 110 Å². The third kappa shape index (κ3) is 4.08. The number of hydrogen-bond acceptors (Lipinski definition) is 4. The number of nitrogens with zero attached hydrogens (tertiary/aromatic N) is 3. The van der Waals surface area contributed by atoms with Crippen molar-refractivity contribution in [2.45, 2.75) is 19.4 Å². The minimum absolute atomic E-state index is 0.361. The molecule has 5 heteroatoms. The molecule has 1 aromatic heterocycles. The maximum Gasteiger partial charge on any atom is 0.0518 e. The number of piperazine rings is 1. The summed E-state index contributed by atoms with van der Waals surface area (Å²) in [6, 6.07) is 2.39. The second-order valence-corrected chi connectivity index (χ2v) is 5.19. The minimum Gasteiger partial charge on any atom is -0.309 e. The van der Waals surface area contributed by atoms with Crippen molar-refractivity contribution in [3.05, 3.63) is 18.0 Å². The SMILES string of the molecule is CC(NCCCN1CCN(C)CC1)c1ccn[nH]1. The van der Waals surface area contributed by atoms with Gasteiger partial charge in [0.1, 0.15) is 0 Å². The van der Waals surface area contributed by atoms with Crippen molar-refractivity contribution in [2.24, 2.45) is 0 Å². The van der Waals surface area contributed by atoms with Crippen LogP contribution in [0.15, 0.2) is 12.3 Å². The van der Waals surface area contributed by atoms with Crippen LogP contribution in [0.1, 0.15) is 25.1 Å². The van der Waals surface area contributed by atoms with Crippen LogP contribution in [-0.4, -0.2) is 66.3 Å². The van der Waals surface area contributed by atoms with Gasteiger partial charge in [0, 0.05) is 38.4 Å².